The molecule has 0 unspecified atom stereocenters. The quantitative estimate of drug-likeness (QED) is 0.440. The topological polar surface area (TPSA) is 51.0 Å². The fraction of sp³-hybridized carbons (Fsp3) is 0.227. The molecule has 1 amide bonds. The number of hydrogen-bond donors (Lipinski definition) is 0. The maximum absolute atomic E-state index is 12.9. The van der Waals surface area contributed by atoms with E-state index in [0.717, 1.165) is 39.3 Å². The first-order chi connectivity index (χ1) is 14.2. The second kappa shape index (κ2) is 7.65. The van der Waals surface area contributed by atoms with Gasteiger partial charge in [-0.15, -0.1) is 11.3 Å². The van der Waals surface area contributed by atoms with Gasteiger partial charge in [0.15, 0.2) is 0 Å². The molecule has 0 bridgehead atoms. The monoisotopic (exact) mass is 420 g/mol. The van der Waals surface area contributed by atoms with Gasteiger partial charge >= 0.3 is 0 Å². The zero-order valence-corrected chi connectivity index (χ0v) is 17.7. The third kappa shape index (κ3) is 3.68. The van der Waals surface area contributed by atoms with Crippen molar-refractivity contribution in [3.05, 3.63) is 70.7 Å². The number of para-hydroxylation sites is 2. The lowest BCUT2D eigenvalue weighted by atomic mass is 10.2. The average Bonchev–Trinajstić information content (AvgIpc) is 3.42. The summed E-state index contributed by atoms with van der Waals surface area (Å²) in [6.07, 6.45) is 0.310. The van der Waals surface area contributed by atoms with Crippen LogP contribution in [-0.2, 0) is 23.5 Å². The molecule has 0 N–H and O–H groups in total. The van der Waals surface area contributed by atoms with Gasteiger partial charge in [0, 0.05) is 24.2 Å². The summed E-state index contributed by atoms with van der Waals surface area (Å²) in [5.74, 6) is 1.69. The maximum Gasteiger partial charge on any atom is 0.235 e. The summed E-state index contributed by atoms with van der Waals surface area (Å²) in [5.41, 5.74) is 5.40. The van der Waals surface area contributed by atoms with Crippen LogP contribution in [0, 0.1) is 6.92 Å². The number of rotatable bonds is 5. The Bertz CT molecular complexity index is 1180. The Morgan fingerprint density at radius 2 is 1.93 bits per heavy atom. The Labute approximate surface area is 177 Å². The zero-order chi connectivity index (χ0) is 19.8. The van der Waals surface area contributed by atoms with Crippen LogP contribution in [0.1, 0.15) is 16.8 Å². The largest absolute Gasteiger partial charge is 0.308 e. The Hall–Kier alpha value is -2.64. The molecule has 0 saturated carbocycles. The fourth-order valence-corrected chi connectivity index (χ4v) is 5.34. The lowest BCUT2D eigenvalue weighted by Crippen LogP contribution is -2.30. The van der Waals surface area contributed by atoms with Gasteiger partial charge in [-0.05, 0) is 24.6 Å². The first-order valence-electron chi connectivity index (χ1n) is 9.56. The second-order valence-corrected chi connectivity index (χ2v) is 9.23. The van der Waals surface area contributed by atoms with Crippen molar-refractivity contribution in [1.29, 1.82) is 0 Å². The summed E-state index contributed by atoms with van der Waals surface area (Å²) in [7, 11) is 0. The molecule has 5 rings (SSSR count). The van der Waals surface area contributed by atoms with Crippen molar-refractivity contribution in [2.24, 2.45) is 0 Å². The minimum Gasteiger partial charge on any atom is -0.308 e. The standard InChI is InChI=1S/C22H20N4OS2/c1-15-6-8-16(9-7-15)13-28-22-23-17(14-29-22)12-20(27)26-11-10-25-19-5-3-2-4-18(19)24-21(25)26/h2-9,14H,10-13H2,1H3. The highest BCUT2D eigenvalue weighted by atomic mass is 32.2. The molecule has 1 aliphatic rings. The number of nitrogens with zero attached hydrogens (tertiary/aromatic N) is 4. The first kappa shape index (κ1) is 18.4. The Morgan fingerprint density at radius 3 is 2.79 bits per heavy atom. The van der Waals surface area contributed by atoms with Gasteiger partial charge in [0.25, 0.3) is 0 Å². The third-order valence-corrected chi connectivity index (χ3v) is 7.21. The van der Waals surface area contributed by atoms with E-state index in [-0.39, 0.29) is 5.91 Å². The number of fused-ring (bicyclic) bond motifs is 3. The molecule has 146 valence electrons. The summed E-state index contributed by atoms with van der Waals surface area (Å²) in [6.45, 7) is 3.55. The fourth-order valence-electron chi connectivity index (χ4n) is 3.54. The third-order valence-electron chi connectivity index (χ3n) is 5.07. The molecular formula is C22H20N4OS2. The van der Waals surface area contributed by atoms with Gasteiger partial charge in [-0.25, -0.2) is 9.97 Å². The van der Waals surface area contributed by atoms with Gasteiger partial charge in [0.1, 0.15) is 4.34 Å². The number of imidazole rings is 1. The van der Waals surface area contributed by atoms with Crippen LogP contribution in [-0.4, -0.2) is 27.0 Å². The highest BCUT2D eigenvalue weighted by Crippen LogP contribution is 2.29. The number of amides is 1. The summed E-state index contributed by atoms with van der Waals surface area (Å²) in [6, 6.07) is 16.6. The van der Waals surface area contributed by atoms with E-state index in [1.54, 1.807) is 28.0 Å². The number of aryl methyl sites for hydroxylation is 1. The molecule has 0 saturated heterocycles. The molecule has 3 heterocycles. The molecule has 0 radical (unpaired) electrons. The summed E-state index contributed by atoms with van der Waals surface area (Å²) in [4.78, 5) is 24.0. The van der Waals surface area contributed by atoms with E-state index in [9.17, 15) is 4.79 Å². The van der Waals surface area contributed by atoms with Crippen molar-refractivity contribution in [2.75, 3.05) is 11.4 Å². The van der Waals surface area contributed by atoms with Gasteiger partial charge in [0.05, 0.1) is 23.1 Å². The van der Waals surface area contributed by atoms with E-state index < -0.39 is 0 Å². The number of anilines is 1. The molecule has 0 spiro atoms. The highest BCUT2D eigenvalue weighted by Gasteiger charge is 2.28. The molecule has 1 aliphatic heterocycles. The van der Waals surface area contributed by atoms with Crippen molar-refractivity contribution in [2.45, 2.75) is 30.0 Å². The van der Waals surface area contributed by atoms with Crippen molar-refractivity contribution < 1.29 is 4.79 Å². The predicted octanol–water partition coefficient (Wildman–Crippen LogP) is 4.68. The number of carbonyl (C=O) groups excluding carboxylic acids is 1. The predicted molar refractivity (Wildman–Crippen MR) is 119 cm³/mol. The van der Waals surface area contributed by atoms with E-state index in [4.69, 9.17) is 0 Å². The number of hydrogen-bond acceptors (Lipinski definition) is 5. The normalized spacial score (nSPS) is 13.2. The van der Waals surface area contributed by atoms with Gasteiger partial charge in [-0.1, -0.05) is 53.7 Å². The van der Waals surface area contributed by atoms with Crippen LogP contribution >= 0.6 is 23.1 Å². The Kier molecular flexibility index (Phi) is 4.85. The van der Waals surface area contributed by atoms with Crippen LogP contribution in [0.5, 0.6) is 0 Å². The van der Waals surface area contributed by atoms with Gasteiger partial charge in [0.2, 0.25) is 11.9 Å². The van der Waals surface area contributed by atoms with Gasteiger partial charge in [-0.2, -0.15) is 0 Å². The number of carbonyl (C=O) groups is 1. The van der Waals surface area contributed by atoms with Crippen molar-refractivity contribution in [3.63, 3.8) is 0 Å². The lowest BCUT2D eigenvalue weighted by Gasteiger charge is -2.12. The summed E-state index contributed by atoms with van der Waals surface area (Å²) in [5, 5.41) is 1.99. The lowest BCUT2D eigenvalue weighted by molar-refractivity contribution is -0.118. The molecule has 7 heteroatoms. The Balaban J connectivity index is 1.25. The van der Waals surface area contributed by atoms with Crippen LogP contribution in [0.4, 0.5) is 5.95 Å². The van der Waals surface area contributed by atoms with E-state index in [0.29, 0.717) is 13.0 Å². The van der Waals surface area contributed by atoms with Gasteiger partial charge < -0.3 is 4.57 Å². The number of benzene rings is 2. The molecular weight excluding hydrogens is 400 g/mol. The molecule has 5 nitrogen and oxygen atoms in total. The minimum absolute atomic E-state index is 0.0550. The molecule has 2 aromatic carbocycles. The van der Waals surface area contributed by atoms with Crippen molar-refractivity contribution >= 4 is 46.0 Å². The van der Waals surface area contributed by atoms with E-state index in [2.05, 4.69) is 51.8 Å². The van der Waals surface area contributed by atoms with E-state index in [1.807, 2.05) is 23.6 Å². The summed E-state index contributed by atoms with van der Waals surface area (Å²) < 4.78 is 3.12. The Morgan fingerprint density at radius 1 is 1.10 bits per heavy atom. The smallest absolute Gasteiger partial charge is 0.235 e. The molecule has 0 aliphatic carbocycles. The van der Waals surface area contributed by atoms with Gasteiger partial charge in [-0.3, -0.25) is 9.69 Å². The highest BCUT2D eigenvalue weighted by molar-refractivity contribution is 8.00. The summed E-state index contributed by atoms with van der Waals surface area (Å²) >= 11 is 3.32. The zero-order valence-electron chi connectivity index (χ0n) is 16.0. The van der Waals surface area contributed by atoms with Crippen molar-refractivity contribution in [1.82, 2.24) is 14.5 Å². The molecule has 0 fully saturated rings. The average molecular weight is 421 g/mol. The van der Waals surface area contributed by atoms with E-state index in [1.165, 1.54) is 11.1 Å². The molecule has 2 aromatic heterocycles. The molecule has 4 aromatic rings. The van der Waals surface area contributed by atoms with Crippen LogP contribution in [0.2, 0.25) is 0 Å². The molecule has 29 heavy (non-hydrogen) atoms. The number of thiazole rings is 1. The van der Waals surface area contributed by atoms with Crippen LogP contribution in [0.15, 0.2) is 58.3 Å². The number of aromatic nitrogens is 3. The first-order valence-corrected chi connectivity index (χ1v) is 11.4. The second-order valence-electron chi connectivity index (χ2n) is 7.15. The molecule has 0 atom stereocenters. The van der Waals surface area contributed by atoms with Crippen LogP contribution < -0.4 is 4.90 Å². The van der Waals surface area contributed by atoms with E-state index >= 15 is 0 Å². The minimum atomic E-state index is 0.0550. The SMILES string of the molecule is Cc1ccc(CSc2nc(CC(=O)N3CCn4c3nc3ccccc34)cs2)cc1. The van der Waals surface area contributed by atoms with Crippen molar-refractivity contribution in [3.8, 4) is 0 Å². The number of thioether (sulfide) groups is 1. The van der Waals surface area contributed by atoms with Crippen LogP contribution in [0.25, 0.3) is 11.0 Å². The van der Waals surface area contributed by atoms with Crippen LogP contribution in [0.3, 0.4) is 0 Å². The maximum atomic E-state index is 12.9.